The van der Waals surface area contributed by atoms with Crippen LogP contribution in [-0.2, 0) is 9.59 Å². The zero-order valence-corrected chi connectivity index (χ0v) is 22.0. The number of rotatable bonds is 7. The number of nitro benzene ring substituents is 1. The standard InChI is InChI=1S/C27H22ClN5O5S/c28-21-6-3-19(13-23(21)33(36)37)22-15-39-27(31-22)18-9-11-32(12-10-18)26(35)8-7-25(34)30-20-4-1-17(2-5-20)24-14-29-16-38-24/h1-8,13-16,18H,9-12H2,(H,30,34)/b8-7+. The minimum atomic E-state index is -0.512. The van der Waals surface area contributed by atoms with Gasteiger partial charge in [-0.05, 0) is 43.2 Å². The number of carbonyl (C=O) groups is 2. The van der Waals surface area contributed by atoms with Crippen LogP contribution in [0.4, 0.5) is 11.4 Å². The van der Waals surface area contributed by atoms with Crippen LogP contribution in [0.2, 0.25) is 5.02 Å². The Hall–Kier alpha value is -4.35. The summed E-state index contributed by atoms with van der Waals surface area (Å²) in [6, 6.07) is 11.7. The van der Waals surface area contributed by atoms with Gasteiger partial charge in [0.1, 0.15) is 5.02 Å². The molecule has 0 spiro atoms. The van der Waals surface area contributed by atoms with Crippen molar-refractivity contribution in [1.29, 1.82) is 0 Å². The van der Waals surface area contributed by atoms with Gasteiger partial charge in [-0.1, -0.05) is 17.7 Å². The van der Waals surface area contributed by atoms with E-state index in [0.717, 1.165) is 23.4 Å². The Morgan fingerprint density at radius 3 is 2.56 bits per heavy atom. The minimum absolute atomic E-state index is 0.0838. The molecule has 1 aliphatic rings. The van der Waals surface area contributed by atoms with Gasteiger partial charge in [0, 0.05) is 59.4 Å². The van der Waals surface area contributed by atoms with Gasteiger partial charge < -0.3 is 14.6 Å². The Morgan fingerprint density at radius 1 is 1.13 bits per heavy atom. The predicted octanol–water partition coefficient (Wildman–Crippen LogP) is 5.93. The molecule has 0 atom stereocenters. The van der Waals surface area contributed by atoms with Crippen molar-refractivity contribution in [2.45, 2.75) is 18.8 Å². The van der Waals surface area contributed by atoms with E-state index in [9.17, 15) is 19.7 Å². The largest absolute Gasteiger partial charge is 0.444 e. The second kappa shape index (κ2) is 11.6. The van der Waals surface area contributed by atoms with Crippen molar-refractivity contribution in [1.82, 2.24) is 14.9 Å². The number of oxazole rings is 1. The molecule has 10 nitrogen and oxygen atoms in total. The molecule has 2 aromatic carbocycles. The summed E-state index contributed by atoms with van der Waals surface area (Å²) in [5, 5.41) is 16.8. The molecule has 0 aliphatic carbocycles. The molecule has 1 saturated heterocycles. The maximum atomic E-state index is 12.6. The lowest BCUT2D eigenvalue weighted by atomic mass is 9.97. The lowest BCUT2D eigenvalue weighted by Gasteiger charge is -2.30. The normalized spacial score (nSPS) is 14.0. The van der Waals surface area contributed by atoms with Crippen molar-refractivity contribution >= 4 is 46.1 Å². The van der Waals surface area contributed by atoms with Crippen molar-refractivity contribution in [2.24, 2.45) is 0 Å². The van der Waals surface area contributed by atoms with E-state index < -0.39 is 10.8 Å². The van der Waals surface area contributed by atoms with E-state index in [4.69, 9.17) is 21.0 Å². The number of nitro groups is 1. The van der Waals surface area contributed by atoms with Crippen molar-refractivity contribution < 1.29 is 18.9 Å². The van der Waals surface area contributed by atoms with Gasteiger partial charge in [-0.15, -0.1) is 11.3 Å². The first-order valence-electron chi connectivity index (χ1n) is 12.0. The lowest BCUT2D eigenvalue weighted by molar-refractivity contribution is -0.384. The van der Waals surface area contributed by atoms with Crippen LogP contribution in [0.25, 0.3) is 22.6 Å². The summed E-state index contributed by atoms with van der Waals surface area (Å²) in [4.78, 5) is 45.9. The molecule has 1 fully saturated rings. The monoisotopic (exact) mass is 563 g/mol. The number of benzene rings is 2. The first-order valence-corrected chi connectivity index (χ1v) is 13.3. The van der Waals surface area contributed by atoms with Gasteiger partial charge >= 0.3 is 0 Å². The van der Waals surface area contributed by atoms with Crippen LogP contribution in [0.15, 0.2) is 77.0 Å². The number of aromatic nitrogens is 2. The second-order valence-corrected chi connectivity index (χ2v) is 10.2. The van der Waals surface area contributed by atoms with Gasteiger partial charge in [-0.2, -0.15) is 0 Å². The zero-order valence-electron chi connectivity index (χ0n) is 20.5. The Kier molecular flexibility index (Phi) is 7.80. The first-order chi connectivity index (χ1) is 18.9. The lowest BCUT2D eigenvalue weighted by Crippen LogP contribution is -2.37. The summed E-state index contributed by atoms with van der Waals surface area (Å²) in [6.45, 7) is 1.08. The highest BCUT2D eigenvalue weighted by atomic mass is 35.5. The third-order valence-electron chi connectivity index (χ3n) is 6.36. The van der Waals surface area contributed by atoms with Crippen molar-refractivity contribution in [3.63, 3.8) is 0 Å². The van der Waals surface area contributed by atoms with Gasteiger partial charge in [-0.25, -0.2) is 9.97 Å². The Morgan fingerprint density at radius 2 is 1.87 bits per heavy atom. The number of piperidine rings is 1. The van der Waals surface area contributed by atoms with Crippen LogP contribution >= 0.6 is 22.9 Å². The molecule has 2 amide bonds. The topological polar surface area (TPSA) is 131 Å². The quantitative estimate of drug-likeness (QED) is 0.167. The van der Waals surface area contributed by atoms with Gasteiger partial charge in [0.15, 0.2) is 12.2 Å². The van der Waals surface area contributed by atoms with E-state index in [1.807, 2.05) is 5.38 Å². The Bertz CT molecular complexity index is 1530. The second-order valence-electron chi connectivity index (χ2n) is 8.86. The Balaban J connectivity index is 1.12. The molecule has 0 saturated carbocycles. The van der Waals surface area contributed by atoms with Gasteiger partial charge in [-0.3, -0.25) is 19.7 Å². The highest BCUT2D eigenvalue weighted by molar-refractivity contribution is 7.10. The number of likely N-dealkylation sites (tertiary alicyclic amines) is 1. The Labute approximate surface area is 232 Å². The number of hydrogen-bond donors (Lipinski definition) is 1. The van der Waals surface area contributed by atoms with Crippen LogP contribution in [0.3, 0.4) is 0 Å². The molecule has 0 radical (unpaired) electrons. The molecule has 4 aromatic rings. The van der Waals surface area contributed by atoms with Gasteiger partial charge in [0.2, 0.25) is 11.8 Å². The molecule has 1 N–H and O–H groups in total. The first kappa shape index (κ1) is 26.3. The summed E-state index contributed by atoms with van der Waals surface area (Å²) < 4.78 is 5.25. The number of thiazole rings is 1. The van der Waals surface area contributed by atoms with Crippen LogP contribution in [0.1, 0.15) is 23.8 Å². The minimum Gasteiger partial charge on any atom is -0.444 e. The number of nitrogens with zero attached hydrogens (tertiary/aromatic N) is 4. The average molecular weight is 564 g/mol. The third-order valence-corrected chi connectivity index (χ3v) is 7.69. The number of nitrogens with one attached hydrogen (secondary N) is 1. The molecule has 39 heavy (non-hydrogen) atoms. The van der Waals surface area contributed by atoms with Crippen molar-refractivity contribution in [2.75, 3.05) is 18.4 Å². The smallest absolute Gasteiger partial charge is 0.288 e. The van der Waals surface area contributed by atoms with E-state index in [1.165, 1.54) is 42.0 Å². The molecule has 5 rings (SSSR count). The summed E-state index contributed by atoms with van der Waals surface area (Å²) in [5.74, 6) is 0.188. The van der Waals surface area contributed by atoms with E-state index in [1.54, 1.807) is 41.4 Å². The molecule has 3 heterocycles. The number of amides is 2. The van der Waals surface area contributed by atoms with E-state index >= 15 is 0 Å². The zero-order chi connectivity index (χ0) is 27.4. The number of hydrogen-bond acceptors (Lipinski definition) is 8. The van der Waals surface area contributed by atoms with Crippen LogP contribution in [0, 0.1) is 10.1 Å². The average Bonchev–Trinajstić information content (AvgIpc) is 3.66. The molecule has 0 bridgehead atoms. The van der Waals surface area contributed by atoms with Crippen LogP contribution in [0.5, 0.6) is 0 Å². The number of anilines is 1. The number of carbonyl (C=O) groups excluding carboxylic acids is 2. The fraction of sp³-hybridized carbons (Fsp3) is 0.185. The predicted molar refractivity (Wildman–Crippen MR) is 147 cm³/mol. The van der Waals surface area contributed by atoms with Gasteiger partial charge in [0.05, 0.1) is 21.8 Å². The summed E-state index contributed by atoms with van der Waals surface area (Å²) in [7, 11) is 0. The van der Waals surface area contributed by atoms with Crippen LogP contribution in [-0.4, -0.2) is 44.7 Å². The fourth-order valence-corrected chi connectivity index (χ4v) is 5.47. The molecular formula is C27H22ClN5O5S. The molecule has 198 valence electrons. The molecule has 12 heteroatoms. The third kappa shape index (κ3) is 6.21. The SMILES string of the molecule is O=C(/C=C/C(=O)N1CCC(c2nc(-c3ccc(Cl)c([N+](=O)[O-])c3)cs2)CC1)Nc1ccc(-c2cnco2)cc1. The molecule has 1 aliphatic heterocycles. The van der Waals surface area contributed by atoms with E-state index in [-0.39, 0.29) is 22.5 Å². The molecular weight excluding hydrogens is 542 g/mol. The van der Waals surface area contributed by atoms with E-state index in [0.29, 0.717) is 35.8 Å². The number of halogens is 1. The van der Waals surface area contributed by atoms with Crippen molar-refractivity contribution in [3.05, 3.63) is 92.7 Å². The maximum Gasteiger partial charge on any atom is 0.288 e. The van der Waals surface area contributed by atoms with E-state index in [2.05, 4.69) is 10.3 Å². The maximum absolute atomic E-state index is 12.6. The highest BCUT2D eigenvalue weighted by Crippen LogP contribution is 2.35. The van der Waals surface area contributed by atoms with Crippen LogP contribution < -0.4 is 5.32 Å². The summed E-state index contributed by atoms with van der Waals surface area (Å²) >= 11 is 7.42. The van der Waals surface area contributed by atoms with Crippen molar-refractivity contribution in [3.8, 4) is 22.6 Å². The summed E-state index contributed by atoms with van der Waals surface area (Å²) in [6.07, 6.45) is 6.94. The summed E-state index contributed by atoms with van der Waals surface area (Å²) in [5.41, 5.74) is 2.57. The highest BCUT2D eigenvalue weighted by Gasteiger charge is 2.25. The fourth-order valence-electron chi connectivity index (χ4n) is 4.28. The molecule has 2 aromatic heterocycles. The van der Waals surface area contributed by atoms with Gasteiger partial charge in [0.25, 0.3) is 5.69 Å². The molecule has 0 unspecified atom stereocenters.